The first kappa shape index (κ1) is 25.1. The number of anilines is 1. The third-order valence-corrected chi connectivity index (χ3v) is 5.80. The van der Waals surface area contributed by atoms with Crippen LogP contribution >= 0.6 is 12.4 Å². The molecule has 2 aromatic heterocycles. The SMILES string of the molecule is C[C@H](Nc1ncc2ccc(=O)n(CC(C)(C)C)c2n1)c1ccc(CN2CCNCC2)cc1.Cl. The van der Waals surface area contributed by atoms with Gasteiger partial charge in [-0.25, -0.2) is 4.98 Å². The van der Waals surface area contributed by atoms with Crippen LogP contribution in [0.25, 0.3) is 11.0 Å². The Balaban J connectivity index is 0.00000306. The van der Waals surface area contributed by atoms with Crippen LogP contribution in [0.3, 0.4) is 0 Å². The van der Waals surface area contributed by atoms with Gasteiger partial charge in [0.05, 0.1) is 6.04 Å². The van der Waals surface area contributed by atoms with E-state index in [0.717, 1.165) is 38.1 Å². The number of pyridine rings is 1. The first-order chi connectivity index (χ1) is 15.3. The number of hydrogen-bond donors (Lipinski definition) is 2. The van der Waals surface area contributed by atoms with E-state index >= 15 is 0 Å². The largest absolute Gasteiger partial charge is 0.348 e. The van der Waals surface area contributed by atoms with Crippen molar-refractivity contribution in [1.82, 2.24) is 24.8 Å². The molecule has 2 N–H and O–H groups in total. The molecule has 0 saturated carbocycles. The summed E-state index contributed by atoms with van der Waals surface area (Å²) in [6, 6.07) is 12.2. The van der Waals surface area contributed by atoms with Crippen LogP contribution in [0.1, 0.15) is 44.9 Å². The van der Waals surface area contributed by atoms with Gasteiger partial charge in [-0.1, -0.05) is 45.0 Å². The second kappa shape index (κ2) is 10.6. The van der Waals surface area contributed by atoms with Crippen LogP contribution in [0.4, 0.5) is 5.95 Å². The Labute approximate surface area is 202 Å². The van der Waals surface area contributed by atoms with Crippen molar-refractivity contribution < 1.29 is 0 Å². The Kier molecular flexibility index (Phi) is 8.10. The van der Waals surface area contributed by atoms with Crippen molar-refractivity contribution in [2.75, 3.05) is 31.5 Å². The van der Waals surface area contributed by atoms with Crippen LogP contribution in [-0.2, 0) is 13.1 Å². The van der Waals surface area contributed by atoms with Crippen molar-refractivity contribution in [3.05, 3.63) is 64.1 Å². The third kappa shape index (κ3) is 6.53. The molecule has 4 rings (SSSR count). The summed E-state index contributed by atoms with van der Waals surface area (Å²) in [5.74, 6) is 0.531. The lowest BCUT2D eigenvalue weighted by Gasteiger charge is -2.27. The van der Waals surface area contributed by atoms with E-state index in [1.54, 1.807) is 22.9 Å². The van der Waals surface area contributed by atoms with Crippen molar-refractivity contribution in [3.63, 3.8) is 0 Å². The number of rotatable bonds is 6. The number of halogens is 1. The molecule has 1 atom stereocenters. The quantitative estimate of drug-likeness (QED) is 0.570. The standard InChI is InChI=1S/C25H34N6O.ClH/c1-18(20-7-5-19(6-8-20)16-30-13-11-26-12-14-30)28-24-27-15-21-9-10-22(32)31(23(21)29-24)17-25(2,3)4;/h5-10,15,18,26H,11-14,16-17H2,1-4H3,(H,27,28,29);1H/t18-;/m0./s1. The summed E-state index contributed by atoms with van der Waals surface area (Å²) in [5, 5.41) is 7.67. The lowest BCUT2D eigenvalue weighted by Crippen LogP contribution is -2.42. The Morgan fingerprint density at radius 3 is 2.45 bits per heavy atom. The Hall–Kier alpha value is -2.48. The Morgan fingerprint density at radius 1 is 1.09 bits per heavy atom. The zero-order valence-corrected chi connectivity index (χ0v) is 20.8. The molecule has 1 fully saturated rings. The van der Waals surface area contributed by atoms with Crippen molar-refractivity contribution in [1.29, 1.82) is 0 Å². The van der Waals surface area contributed by atoms with Gasteiger partial charge in [-0.2, -0.15) is 4.98 Å². The number of hydrogen-bond acceptors (Lipinski definition) is 6. The molecule has 0 radical (unpaired) electrons. The van der Waals surface area contributed by atoms with E-state index < -0.39 is 0 Å². The molecule has 0 aliphatic carbocycles. The second-order valence-corrected chi connectivity index (χ2v) is 9.92. The van der Waals surface area contributed by atoms with Crippen LogP contribution in [0.2, 0.25) is 0 Å². The van der Waals surface area contributed by atoms with Gasteiger partial charge in [0.15, 0.2) is 0 Å². The van der Waals surface area contributed by atoms with Crippen LogP contribution in [0.15, 0.2) is 47.4 Å². The minimum atomic E-state index is -0.0369. The minimum absolute atomic E-state index is 0. The maximum atomic E-state index is 12.5. The molecule has 1 aliphatic heterocycles. The molecule has 0 spiro atoms. The molecule has 3 heterocycles. The number of piperazine rings is 1. The highest BCUT2D eigenvalue weighted by atomic mass is 35.5. The average molecular weight is 471 g/mol. The van der Waals surface area contributed by atoms with E-state index in [1.807, 2.05) is 0 Å². The van der Waals surface area contributed by atoms with Gasteiger partial charge < -0.3 is 10.6 Å². The van der Waals surface area contributed by atoms with E-state index in [4.69, 9.17) is 4.98 Å². The summed E-state index contributed by atoms with van der Waals surface area (Å²) in [5.41, 5.74) is 3.11. The number of fused-ring (bicyclic) bond motifs is 1. The average Bonchev–Trinajstić information content (AvgIpc) is 2.76. The molecule has 33 heavy (non-hydrogen) atoms. The van der Waals surface area contributed by atoms with Crippen LogP contribution < -0.4 is 16.2 Å². The van der Waals surface area contributed by atoms with Gasteiger partial charge in [-0.05, 0) is 29.5 Å². The Morgan fingerprint density at radius 2 is 1.79 bits per heavy atom. The van der Waals surface area contributed by atoms with Gasteiger partial charge in [0.1, 0.15) is 5.65 Å². The highest BCUT2D eigenvalue weighted by molar-refractivity contribution is 5.85. The predicted octanol–water partition coefficient (Wildman–Crippen LogP) is 3.84. The van der Waals surface area contributed by atoms with E-state index in [9.17, 15) is 4.79 Å². The first-order valence-electron chi connectivity index (χ1n) is 11.4. The minimum Gasteiger partial charge on any atom is -0.348 e. The smallest absolute Gasteiger partial charge is 0.252 e. The summed E-state index contributed by atoms with van der Waals surface area (Å²) in [7, 11) is 0. The van der Waals surface area contributed by atoms with Crippen molar-refractivity contribution in [3.8, 4) is 0 Å². The maximum Gasteiger partial charge on any atom is 0.252 e. The van der Waals surface area contributed by atoms with Crippen LogP contribution in [0, 0.1) is 5.41 Å². The summed E-state index contributed by atoms with van der Waals surface area (Å²) in [4.78, 5) is 24.2. The molecule has 7 nitrogen and oxygen atoms in total. The molecule has 8 heteroatoms. The number of benzene rings is 1. The van der Waals surface area contributed by atoms with E-state index in [0.29, 0.717) is 18.1 Å². The molecular weight excluding hydrogens is 436 g/mol. The van der Waals surface area contributed by atoms with Gasteiger partial charge in [0, 0.05) is 56.9 Å². The van der Waals surface area contributed by atoms with Crippen LogP contribution in [-0.4, -0.2) is 45.6 Å². The fraction of sp³-hybridized carbons (Fsp3) is 0.480. The highest BCUT2D eigenvalue weighted by Gasteiger charge is 2.16. The third-order valence-electron chi connectivity index (χ3n) is 5.80. The molecular formula is C25H35ClN6O. The zero-order chi connectivity index (χ0) is 22.7. The summed E-state index contributed by atoms with van der Waals surface area (Å²) in [6.07, 6.45) is 1.78. The van der Waals surface area contributed by atoms with Gasteiger partial charge in [-0.3, -0.25) is 14.3 Å². The van der Waals surface area contributed by atoms with Gasteiger partial charge in [-0.15, -0.1) is 12.4 Å². The predicted molar refractivity (Wildman–Crippen MR) is 137 cm³/mol. The first-order valence-corrected chi connectivity index (χ1v) is 11.4. The number of nitrogens with one attached hydrogen (secondary N) is 2. The fourth-order valence-electron chi connectivity index (χ4n) is 4.08. The summed E-state index contributed by atoms with van der Waals surface area (Å²) in [6.45, 7) is 14.4. The monoisotopic (exact) mass is 470 g/mol. The molecule has 0 bridgehead atoms. The normalized spacial score (nSPS) is 15.8. The van der Waals surface area contributed by atoms with E-state index in [1.165, 1.54) is 11.1 Å². The number of nitrogens with zero attached hydrogens (tertiary/aromatic N) is 4. The highest BCUT2D eigenvalue weighted by Crippen LogP contribution is 2.21. The van der Waals surface area contributed by atoms with Crippen LogP contribution in [0.5, 0.6) is 0 Å². The van der Waals surface area contributed by atoms with Crippen molar-refractivity contribution in [2.24, 2.45) is 5.41 Å². The summed E-state index contributed by atoms with van der Waals surface area (Å²) < 4.78 is 1.75. The second-order valence-electron chi connectivity index (χ2n) is 9.92. The maximum absolute atomic E-state index is 12.5. The lowest BCUT2D eigenvalue weighted by molar-refractivity contribution is 0.233. The Bertz CT molecular complexity index is 1120. The lowest BCUT2D eigenvalue weighted by atomic mass is 9.97. The van der Waals surface area contributed by atoms with Gasteiger partial charge >= 0.3 is 0 Å². The number of aromatic nitrogens is 3. The van der Waals surface area contributed by atoms with E-state index in [-0.39, 0.29) is 29.4 Å². The molecule has 1 saturated heterocycles. The zero-order valence-electron chi connectivity index (χ0n) is 20.0. The van der Waals surface area contributed by atoms with Gasteiger partial charge in [0.25, 0.3) is 5.56 Å². The molecule has 1 aliphatic rings. The van der Waals surface area contributed by atoms with E-state index in [2.05, 4.69) is 72.5 Å². The van der Waals surface area contributed by atoms with Crippen molar-refractivity contribution in [2.45, 2.75) is 46.8 Å². The van der Waals surface area contributed by atoms with Crippen molar-refractivity contribution >= 4 is 29.4 Å². The molecule has 1 aromatic carbocycles. The molecule has 3 aromatic rings. The van der Waals surface area contributed by atoms with Gasteiger partial charge in [0.2, 0.25) is 5.95 Å². The molecule has 0 amide bonds. The molecule has 0 unspecified atom stereocenters. The summed E-state index contributed by atoms with van der Waals surface area (Å²) >= 11 is 0. The molecule has 178 valence electrons. The fourth-order valence-corrected chi connectivity index (χ4v) is 4.08. The topological polar surface area (TPSA) is 75.1 Å².